The summed E-state index contributed by atoms with van der Waals surface area (Å²) >= 11 is 0. The summed E-state index contributed by atoms with van der Waals surface area (Å²) < 4.78 is 0. The van der Waals surface area contributed by atoms with Gasteiger partial charge in [0, 0.05) is 12.1 Å². The van der Waals surface area contributed by atoms with Crippen molar-refractivity contribution < 1.29 is 4.79 Å². The lowest BCUT2D eigenvalue weighted by atomic mass is 9.78. The maximum atomic E-state index is 11.4. The second kappa shape index (κ2) is 5.36. The van der Waals surface area contributed by atoms with Gasteiger partial charge in [0.15, 0.2) is 0 Å². The lowest BCUT2D eigenvalue weighted by Gasteiger charge is -2.42. The fraction of sp³-hybridized carbons (Fsp3) is 0.923. The summed E-state index contributed by atoms with van der Waals surface area (Å²) in [4.78, 5) is 13.8. The Balaban J connectivity index is 2.70. The van der Waals surface area contributed by atoms with Crippen LogP contribution < -0.4 is 11.5 Å². The highest BCUT2D eigenvalue weighted by molar-refractivity contribution is 5.84. The number of carbonyl (C=O) groups is 1. The van der Waals surface area contributed by atoms with E-state index in [1.165, 1.54) is 0 Å². The zero-order chi connectivity index (χ0) is 13.2. The van der Waals surface area contributed by atoms with Crippen molar-refractivity contribution in [3.63, 3.8) is 0 Å². The summed E-state index contributed by atoms with van der Waals surface area (Å²) in [6.07, 6.45) is 3.51. The average molecular weight is 241 g/mol. The van der Waals surface area contributed by atoms with Crippen molar-refractivity contribution in [3.8, 4) is 0 Å². The number of primary amides is 1. The molecule has 4 N–H and O–H groups in total. The molecule has 0 aromatic heterocycles. The highest BCUT2D eigenvalue weighted by Gasteiger charge is 2.39. The molecule has 100 valence electrons. The van der Waals surface area contributed by atoms with E-state index in [1.807, 2.05) is 0 Å². The Morgan fingerprint density at radius 1 is 1.41 bits per heavy atom. The molecule has 0 radical (unpaired) electrons. The van der Waals surface area contributed by atoms with Crippen molar-refractivity contribution in [2.24, 2.45) is 17.4 Å². The van der Waals surface area contributed by atoms with Gasteiger partial charge in [-0.15, -0.1) is 0 Å². The molecule has 1 aliphatic rings. The molecule has 0 aromatic carbocycles. The van der Waals surface area contributed by atoms with Crippen LogP contribution in [0.15, 0.2) is 0 Å². The molecule has 1 fully saturated rings. The summed E-state index contributed by atoms with van der Waals surface area (Å²) in [7, 11) is 2.13. The molecule has 4 nitrogen and oxygen atoms in total. The summed E-state index contributed by atoms with van der Waals surface area (Å²) in [5.41, 5.74) is 10.7. The minimum atomic E-state index is -0.798. The van der Waals surface area contributed by atoms with E-state index >= 15 is 0 Å². The van der Waals surface area contributed by atoms with Gasteiger partial charge >= 0.3 is 0 Å². The van der Waals surface area contributed by atoms with Gasteiger partial charge in [0.05, 0.1) is 5.54 Å². The monoisotopic (exact) mass is 241 g/mol. The third kappa shape index (κ3) is 3.19. The SMILES string of the molecule is CC(C)C(C)N(C)C1CCCC(N)(C(N)=O)C1. The number of nitrogens with zero attached hydrogens (tertiary/aromatic N) is 1. The predicted molar refractivity (Wildman–Crippen MR) is 70.4 cm³/mol. The summed E-state index contributed by atoms with van der Waals surface area (Å²) in [6, 6.07) is 0.869. The van der Waals surface area contributed by atoms with Gasteiger partial charge in [-0.05, 0) is 45.6 Å². The van der Waals surface area contributed by atoms with E-state index in [2.05, 4.69) is 32.7 Å². The van der Waals surface area contributed by atoms with Crippen LogP contribution in [0.2, 0.25) is 0 Å². The zero-order valence-corrected chi connectivity index (χ0v) is 11.6. The van der Waals surface area contributed by atoms with Crippen molar-refractivity contribution in [1.29, 1.82) is 0 Å². The Morgan fingerprint density at radius 3 is 2.47 bits per heavy atom. The molecule has 4 heteroatoms. The highest BCUT2D eigenvalue weighted by Crippen LogP contribution is 2.30. The Labute approximate surface area is 105 Å². The Kier molecular flexibility index (Phi) is 4.55. The second-order valence-electron chi connectivity index (χ2n) is 5.92. The third-order valence-corrected chi connectivity index (χ3v) is 4.43. The highest BCUT2D eigenvalue weighted by atomic mass is 16.1. The van der Waals surface area contributed by atoms with Crippen molar-refractivity contribution >= 4 is 5.91 Å². The van der Waals surface area contributed by atoms with Crippen molar-refractivity contribution in [2.45, 2.75) is 64.1 Å². The maximum Gasteiger partial charge on any atom is 0.237 e. The zero-order valence-electron chi connectivity index (χ0n) is 11.6. The third-order valence-electron chi connectivity index (χ3n) is 4.43. The molecule has 1 rings (SSSR count). The van der Waals surface area contributed by atoms with Crippen LogP contribution in [0.1, 0.15) is 46.5 Å². The quantitative estimate of drug-likeness (QED) is 0.774. The van der Waals surface area contributed by atoms with Crippen LogP contribution in [0.3, 0.4) is 0 Å². The largest absolute Gasteiger partial charge is 0.368 e. The number of rotatable bonds is 4. The fourth-order valence-electron chi connectivity index (χ4n) is 2.65. The van der Waals surface area contributed by atoms with E-state index in [0.717, 1.165) is 19.3 Å². The number of hydrogen-bond donors (Lipinski definition) is 2. The first-order valence-corrected chi connectivity index (χ1v) is 6.58. The van der Waals surface area contributed by atoms with Crippen molar-refractivity contribution in [2.75, 3.05) is 7.05 Å². The molecule has 17 heavy (non-hydrogen) atoms. The smallest absolute Gasteiger partial charge is 0.237 e. The molecule has 0 bridgehead atoms. The first-order valence-electron chi connectivity index (χ1n) is 6.58. The van der Waals surface area contributed by atoms with Gasteiger partial charge in [-0.2, -0.15) is 0 Å². The van der Waals surface area contributed by atoms with E-state index in [4.69, 9.17) is 11.5 Å². The van der Waals surface area contributed by atoms with E-state index in [-0.39, 0.29) is 5.91 Å². The van der Waals surface area contributed by atoms with Gasteiger partial charge in [-0.1, -0.05) is 13.8 Å². The van der Waals surface area contributed by atoms with Crippen LogP contribution in [-0.4, -0.2) is 35.5 Å². The lowest BCUT2D eigenvalue weighted by molar-refractivity contribution is -0.125. The molecule has 1 aliphatic carbocycles. The van der Waals surface area contributed by atoms with Crippen LogP contribution in [0.25, 0.3) is 0 Å². The van der Waals surface area contributed by atoms with Crippen LogP contribution in [0, 0.1) is 5.92 Å². The van der Waals surface area contributed by atoms with Crippen LogP contribution in [0.4, 0.5) is 0 Å². The molecule has 1 saturated carbocycles. The Bertz CT molecular complexity index is 280. The molecule has 0 heterocycles. The van der Waals surface area contributed by atoms with Crippen LogP contribution >= 0.6 is 0 Å². The molecular formula is C13H27N3O. The topological polar surface area (TPSA) is 72.3 Å². The van der Waals surface area contributed by atoms with Gasteiger partial charge < -0.3 is 16.4 Å². The van der Waals surface area contributed by atoms with E-state index < -0.39 is 5.54 Å². The first-order chi connectivity index (χ1) is 7.78. The van der Waals surface area contributed by atoms with Crippen molar-refractivity contribution in [3.05, 3.63) is 0 Å². The molecule has 3 atom stereocenters. The fourth-order valence-corrected chi connectivity index (χ4v) is 2.65. The van der Waals surface area contributed by atoms with Gasteiger partial charge in [0.25, 0.3) is 0 Å². The van der Waals surface area contributed by atoms with Gasteiger partial charge in [0.1, 0.15) is 0 Å². The molecule has 0 spiro atoms. The summed E-state index contributed by atoms with van der Waals surface area (Å²) in [5, 5.41) is 0. The second-order valence-corrected chi connectivity index (χ2v) is 5.92. The number of carbonyl (C=O) groups excluding carboxylic acids is 1. The lowest BCUT2D eigenvalue weighted by Crippen LogP contribution is -2.58. The van der Waals surface area contributed by atoms with E-state index in [1.54, 1.807) is 0 Å². The van der Waals surface area contributed by atoms with Gasteiger partial charge in [-0.25, -0.2) is 0 Å². The van der Waals surface area contributed by atoms with Gasteiger partial charge in [0.2, 0.25) is 5.91 Å². The van der Waals surface area contributed by atoms with E-state index in [0.29, 0.717) is 24.4 Å². The first kappa shape index (κ1) is 14.5. The Hall–Kier alpha value is -0.610. The molecule has 0 aromatic rings. The molecular weight excluding hydrogens is 214 g/mol. The van der Waals surface area contributed by atoms with Crippen molar-refractivity contribution in [1.82, 2.24) is 4.90 Å². The predicted octanol–water partition coefficient (Wildman–Crippen LogP) is 1.09. The standard InChI is InChI=1S/C13H27N3O/c1-9(2)10(3)16(4)11-6-5-7-13(15,8-11)12(14)17/h9-11H,5-8,15H2,1-4H3,(H2,14,17). The minimum Gasteiger partial charge on any atom is -0.368 e. The van der Waals surface area contributed by atoms with Gasteiger partial charge in [-0.3, -0.25) is 4.79 Å². The molecule has 0 saturated heterocycles. The molecule has 3 unspecified atom stereocenters. The van der Waals surface area contributed by atoms with Crippen LogP contribution in [0.5, 0.6) is 0 Å². The number of amides is 1. The van der Waals surface area contributed by atoms with E-state index in [9.17, 15) is 4.79 Å². The molecule has 1 amide bonds. The number of hydrogen-bond acceptors (Lipinski definition) is 3. The number of nitrogens with two attached hydrogens (primary N) is 2. The summed E-state index contributed by atoms with van der Waals surface area (Å²) in [5.74, 6) is 0.246. The van der Waals surface area contributed by atoms with Crippen LogP contribution in [-0.2, 0) is 4.79 Å². The maximum absolute atomic E-state index is 11.4. The minimum absolute atomic E-state index is 0.354. The molecule has 0 aliphatic heterocycles. The Morgan fingerprint density at radius 2 is 2.00 bits per heavy atom. The summed E-state index contributed by atoms with van der Waals surface area (Å²) in [6.45, 7) is 6.66. The normalized spacial score (nSPS) is 31.8. The average Bonchev–Trinajstić information content (AvgIpc) is 2.26.